The second-order valence-electron chi connectivity index (χ2n) is 3.78. The fourth-order valence-corrected chi connectivity index (χ4v) is 1.84. The number of β-amino-alcohol motifs (C(OH)–C–C–N with tert-alkyl or cyclic N) is 1. The molecular formula is C9H15NO3. The highest BCUT2D eigenvalue weighted by Crippen LogP contribution is 2.20. The van der Waals surface area contributed by atoms with Gasteiger partial charge in [0, 0.05) is 32.2 Å². The summed E-state index contributed by atoms with van der Waals surface area (Å²) in [6, 6.07) is 0. The van der Waals surface area contributed by atoms with Crippen molar-refractivity contribution in [1.82, 2.24) is 4.90 Å². The molecule has 4 heteroatoms. The Kier molecular flexibility index (Phi) is 2.51. The summed E-state index contributed by atoms with van der Waals surface area (Å²) in [6.45, 7) is 2.45. The van der Waals surface area contributed by atoms with Crippen LogP contribution in [0.25, 0.3) is 0 Å². The predicted octanol–water partition coefficient (Wildman–Crippen LogP) is -0.384. The lowest BCUT2D eigenvalue weighted by atomic mass is 9.96. The number of aliphatic hydroxyl groups is 1. The van der Waals surface area contributed by atoms with Gasteiger partial charge in [0.25, 0.3) is 0 Å². The van der Waals surface area contributed by atoms with Gasteiger partial charge in [0.1, 0.15) is 0 Å². The standard InChI is InChI=1S/C9H15NO3/c11-8-5-10(6-8)9(12)7-1-3-13-4-2-7/h7-8,11H,1-6H2. The molecule has 2 rings (SSSR count). The second-order valence-corrected chi connectivity index (χ2v) is 3.78. The number of hydrogen-bond acceptors (Lipinski definition) is 3. The summed E-state index contributed by atoms with van der Waals surface area (Å²) >= 11 is 0. The van der Waals surface area contributed by atoms with Crippen LogP contribution in [0, 0.1) is 5.92 Å². The number of aliphatic hydroxyl groups excluding tert-OH is 1. The van der Waals surface area contributed by atoms with Crippen LogP contribution in [-0.4, -0.2) is 48.3 Å². The van der Waals surface area contributed by atoms with Gasteiger partial charge in [-0.1, -0.05) is 0 Å². The summed E-state index contributed by atoms with van der Waals surface area (Å²) < 4.78 is 5.18. The fraction of sp³-hybridized carbons (Fsp3) is 0.889. The molecule has 0 radical (unpaired) electrons. The van der Waals surface area contributed by atoms with E-state index in [1.165, 1.54) is 0 Å². The molecule has 0 aromatic carbocycles. The summed E-state index contributed by atoms with van der Waals surface area (Å²) in [4.78, 5) is 13.4. The Morgan fingerprint density at radius 3 is 2.46 bits per heavy atom. The van der Waals surface area contributed by atoms with E-state index in [0.29, 0.717) is 26.3 Å². The average Bonchev–Trinajstić information content (AvgIpc) is 2.13. The number of carbonyl (C=O) groups excluding carboxylic acids is 1. The Morgan fingerprint density at radius 1 is 1.31 bits per heavy atom. The molecule has 1 N–H and O–H groups in total. The van der Waals surface area contributed by atoms with Crippen molar-refractivity contribution in [1.29, 1.82) is 0 Å². The van der Waals surface area contributed by atoms with Crippen molar-refractivity contribution in [3.05, 3.63) is 0 Å². The van der Waals surface area contributed by atoms with Crippen LogP contribution in [0.3, 0.4) is 0 Å². The van der Waals surface area contributed by atoms with Crippen molar-refractivity contribution in [3.63, 3.8) is 0 Å². The van der Waals surface area contributed by atoms with Crippen molar-refractivity contribution >= 4 is 5.91 Å². The highest BCUT2D eigenvalue weighted by molar-refractivity contribution is 5.79. The number of hydrogen-bond donors (Lipinski definition) is 1. The van der Waals surface area contributed by atoms with Crippen molar-refractivity contribution < 1.29 is 14.6 Å². The van der Waals surface area contributed by atoms with E-state index in [0.717, 1.165) is 12.8 Å². The van der Waals surface area contributed by atoms with Crippen molar-refractivity contribution in [2.75, 3.05) is 26.3 Å². The molecule has 2 saturated heterocycles. The third-order valence-electron chi connectivity index (χ3n) is 2.74. The monoisotopic (exact) mass is 185 g/mol. The maximum atomic E-state index is 11.7. The Balaban J connectivity index is 1.82. The van der Waals surface area contributed by atoms with Crippen LogP contribution in [-0.2, 0) is 9.53 Å². The molecule has 0 saturated carbocycles. The molecule has 0 aromatic rings. The average molecular weight is 185 g/mol. The minimum atomic E-state index is -0.288. The zero-order valence-corrected chi connectivity index (χ0v) is 7.61. The minimum absolute atomic E-state index is 0.140. The predicted molar refractivity (Wildman–Crippen MR) is 46.1 cm³/mol. The highest BCUT2D eigenvalue weighted by atomic mass is 16.5. The first-order valence-corrected chi connectivity index (χ1v) is 4.82. The molecule has 4 nitrogen and oxygen atoms in total. The van der Waals surface area contributed by atoms with Crippen molar-refractivity contribution in [3.8, 4) is 0 Å². The SMILES string of the molecule is O=C(C1CCOCC1)N1CC(O)C1. The van der Waals surface area contributed by atoms with E-state index in [1.807, 2.05) is 0 Å². The lowest BCUT2D eigenvalue weighted by molar-refractivity contribution is -0.148. The maximum absolute atomic E-state index is 11.7. The quantitative estimate of drug-likeness (QED) is 0.605. The second kappa shape index (κ2) is 3.64. The summed E-state index contributed by atoms with van der Waals surface area (Å²) in [6.07, 6.45) is 1.39. The van der Waals surface area contributed by atoms with E-state index in [4.69, 9.17) is 9.84 Å². The molecule has 0 unspecified atom stereocenters. The first-order chi connectivity index (χ1) is 6.27. The molecule has 74 valence electrons. The van der Waals surface area contributed by atoms with Gasteiger partial charge in [0.05, 0.1) is 6.10 Å². The van der Waals surface area contributed by atoms with Gasteiger partial charge in [-0.3, -0.25) is 4.79 Å². The number of amides is 1. The molecule has 2 aliphatic heterocycles. The van der Waals surface area contributed by atoms with Crippen molar-refractivity contribution in [2.24, 2.45) is 5.92 Å². The minimum Gasteiger partial charge on any atom is -0.389 e. The van der Waals surface area contributed by atoms with Gasteiger partial charge >= 0.3 is 0 Å². The van der Waals surface area contributed by atoms with Crippen LogP contribution in [0.5, 0.6) is 0 Å². The van der Waals surface area contributed by atoms with Gasteiger partial charge in [-0.05, 0) is 12.8 Å². The van der Waals surface area contributed by atoms with Gasteiger partial charge < -0.3 is 14.7 Å². The number of rotatable bonds is 1. The molecule has 0 aromatic heterocycles. The van der Waals surface area contributed by atoms with E-state index in [1.54, 1.807) is 4.90 Å². The van der Waals surface area contributed by atoms with Crippen LogP contribution < -0.4 is 0 Å². The molecular weight excluding hydrogens is 170 g/mol. The number of nitrogens with zero attached hydrogens (tertiary/aromatic N) is 1. The Morgan fingerprint density at radius 2 is 1.92 bits per heavy atom. The summed E-state index contributed by atoms with van der Waals surface area (Å²) in [5.74, 6) is 0.342. The molecule has 2 fully saturated rings. The Hall–Kier alpha value is -0.610. The van der Waals surface area contributed by atoms with Crippen LogP contribution in [0.1, 0.15) is 12.8 Å². The van der Waals surface area contributed by atoms with Crippen LogP contribution in [0.4, 0.5) is 0 Å². The molecule has 13 heavy (non-hydrogen) atoms. The molecule has 0 aliphatic carbocycles. The van der Waals surface area contributed by atoms with Gasteiger partial charge in [0.15, 0.2) is 0 Å². The first-order valence-electron chi connectivity index (χ1n) is 4.82. The Labute approximate surface area is 77.5 Å². The maximum Gasteiger partial charge on any atom is 0.226 e. The molecule has 0 atom stereocenters. The zero-order chi connectivity index (χ0) is 9.26. The normalized spacial score (nSPS) is 25.8. The van der Waals surface area contributed by atoms with Gasteiger partial charge in [-0.2, -0.15) is 0 Å². The zero-order valence-electron chi connectivity index (χ0n) is 7.61. The topological polar surface area (TPSA) is 49.8 Å². The first kappa shape index (κ1) is 8.97. The van der Waals surface area contributed by atoms with Gasteiger partial charge in [-0.25, -0.2) is 0 Å². The van der Waals surface area contributed by atoms with E-state index in [-0.39, 0.29) is 17.9 Å². The van der Waals surface area contributed by atoms with E-state index in [9.17, 15) is 4.79 Å². The lowest BCUT2D eigenvalue weighted by Crippen LogP contribution is -2.55. The lowest BCUT2D eigenvalue weighted by Gasteiger charge is -2.38. The fourth-order valence-electron chi connectivity index (χ4n) is 1.84. The molecule has 0 bridgehead atoms. The number of likely N-dealkylation sites (tertiary alicyclic amines) is 1. The largest absolute Gasteiger partial charge is 0.389 e. The summed E-state index contributed by atoms with van der Waals surface area (Å²) in [5, 5.41) is 9.05. The third-order valence-corrected chi connectivity index (χ3v) is 2.74. The molecule has 0 spiro atoms. The van der Waals surface area contributed by atoms with Crippen LogP contribution >= 0.6 is 0 Å². The van der Waals surface area contributed by atoms with Crippen LogP contribution in [0.2, 0.25) is 0 Å². The number of carbonyl (C=O) groups is 1. The van der Waals surface area contributed by atoms with Gasteiger partial charge in [0.2, 0.25) is 5.91 Å². The summed E-state index contributed by atoms with van der Waals surface area (Å²) in [5.41, 5.74) is 0. The molecule has 1 amide bonds. The third kappa shape index (κ3) is 1.84. The highest BCUT2D eigenvalue weighted by Gasteiger charge is 2.33. The van der Waals surface area contributed by atoms with E-state index in [2.05, 4.69) is 0 Å². The van der Waals surface area contributed by atoms with E-state index < -0.39 is 0 Å². The molecule has 2 aliphatic rings. The summed E-state index contributed by atoms with van der Waals surface area (Å²) in [7, 11) is 0. The number of ether oxygens (including phenoxy) is 1. The van der Waals surface area contributed by atoms with Crippen molar-refractivity contribution in [2.45, 2.75) is 18.9 Å². The van der Waals surface area contributed by atoms with E-state index >= 15 is 0 Å². The smallest absolute Gasteiger partial charge is 0.226 e. The Bertz CT molecular complexity index is 195. The van der Waals surface area contributed by atoms with Crippen LogP contribution in [0.15, 0.2) is 0 Å². The van der Waals surface area contributed by atoms with Gasteiger partial charge in [-0.15, -0.1) is 0 Å². The molecule has 2 heterocycles.